The van der Waals surface area contributed by atoms with E-state index < -0.39 is 0 Å². The van der Waals surface area contributed by atoms with Crippen LogP contribution in [0, 0.1) is 0 Å². The van der Waals surface area contributed by atoms with Crippen molar-refractivity contribution in [3.05, 3.63) is 0 Å². The van der Waals surface area contributed by atoms with Crippen LogP contribution in [0.1, 0.15) is 26.7 Å². The topological polar surface area (TPSA) is 46.2 Å². The Morgan fingerprint density at radius 2 is 1.57 bits per heavy atom. The van der Waals surface area contributed by atoms with Crippen LogP contribution in [0.25, 0.3) is 0 Å². The minimum Gasteiger partial charge on any atom is -0.382 e. The van der Waals surface area contributed by atoms with E-state index in [1.165, 1.54) is 0 Å². The average Bonchev–Trinajstić information content (AvgIpc) is 2.46. The number of thiol groups is 1. The molecule has 0 radical (unpaired) electrons. The lowest BCUT2D eigenvalue weighted by molar-refractivity contribution is -0.0423. The molecule has 5 nitrogen and oxygen atoms in total. The van der Waals surface area contributed by atoms with Crippen LogP contribution in [0.3, 0.4) is 0 Å². The van der Waals surface area contributed by atoms with Gasteiger partial charge in [-0.2, -0.15) is 12.6 Å². The van der Waals surface area contributed by atoms with E-state index in [1.807, 2.05) is 6.92 Å². The molecule has 0 N–H and O–H groups in total. The van der Waals surface area contributed by atoms with Crippen LogP contribution in [-0.4, -0.2) is 71.3 Å². The Labute approximate surface area is 135 Å². The fraction of sp³-hybridized carbons (Fsp3) is 1.00. The molecule has 0 rings (SSSR count). The van der Waals surface area contributed by atoms with Crippen molar-refractivity contribution in [2.75, 3.05) is 59.1 Å². The molecule has 2 unspecified atom stereocenters. The zero-order valence-electron chi connectivity index (χ0n) is 13.7. The first-order chi connectivity index (χ1) is 10.2. The summed E-state index contributed by atoms with van der Waals surface area (Å²) >= 11 is 4.28. The average molecular weight is 324 g/mol. The van der Waals surface area contributed by atoms with Crippen molar-refractivity contribution >= 4 is 12.6 Å². The van der Waals surface area contributed by atoms with Crippen LogP contribution in [0.2, 0.25) is 0 Å². The van der Waals surface area contributed by atoms with Gasteiger partial charge in [0.2, 0.25) is 0 Å². The van der Waals surface area contributed by atoms with Crippen LogP contribution in [-0.2, 0) is 23.7 Å². The van der Waals surface area contributed by atoms with E-state index in [4.69, 9.17) is 23.7 Å². The summed E-state index contributed by atoms with van der Waals surface area (Å²) < 4.78 is 27.1. The molecule has 6 heteroatoms. The Kier molecular flexibility index (Phi) is 16.6. The van der Waals surface area contributed by atoms with Crippen LogP contribution in [0.5, 0.6) is 0 Å². The minimum atomic E-state index is 0.156. The molecule has 21 heavy (non-hydrogen) atoms. The van der Waals surface area contributed by atoms with Crippen molar-refractivity contribution in [1.29, 1.82) is 0 Å². The van der Waals surface area contributed by atoms with Gasteiger partial charge in [-0.15, -0.1) is 0 Å². The van der Waals surface area contributed by atoms with Crippen LogP contribution >= 0.6 is 12.6 Å². The van der Waals surface area contributed by atoms with Crippen molar-refractivity contribution < 1.29 is 23.7 Å². The second-order valence-electron chi connectivity index (χ2n) is 4.72. The molecular formula is C15H32O5S. The molecule has 0 saturated heterocycles. The van der Waals surface area contributed by atoms with E-state index in [-0.39, 0.29) is 12.2 Å². The molecule has 0 aromatic rings. The van der Waals surface area contributed by atoms with Crippen molar-refractivity contribution in [3.63, 3.8) is 0 Å². The van der Waals surface area contributed by atoms with Crippen molar-refractivity contribution in [1.82, 2.24) is 0 Å². The van der Waals surface area contributed by atoms with Gasteiger partial charge in [-0.25, -0.2) is 0 Å². The predicted octanol–water partition coefficient (Wildman–Crippen LogP) is 2.19. The fourth-order valence-electron chi connectivity index (χ4n) is 1.82. The molecular weight excluding hydrogens is 292 g/mol. The van der Waals surface area contributed by atoms with Gasteiger partial charge in [-0.3, -0.25) is 0 Å². The molecule has 0 aliphatic heterocycles. The van der Waals surface area contributed by atoms with Gasteiger partial charge in [-0.1, -0.05) is 0 Å². The fourth-order valence-corrected chi connectivity index (χ4v) is 2.11. The summed E-state index contributed by atoms with van der Waals surface area (Å²) in [5, 5.41) is 0. The van der Waals surface area contributed by atoms with Gasteiger partial charge in [0.05, 0.1) is 51.8 Å². The van der Waals surface area contributed by atoms with E-state index in [9.17, 15) is 0 Å². The second-order valence-corrected chi connectivity index (χ2v) is 5.17. The highest BCUT2D eigenvalue weighted by Gasteiger charge is 2.13. The highest BCUT2D eigenvalue weighted by Crippen LogP contribution is 2.11. The molecule has 0 bridgehead atoms. The second kappa shape index (κ2) is 16.5. The highest BCUT2D eigenvalue weighted by molar-refractivity contribution is 7.80. The smallest absolute Gasteiger partial charge is 0.0704 e. The predicted molar refractivity (Wildman–Crippen MR) is 87.4 cm³/mol. The Morgan fingerprint density at radius 3 is 2.24 bits per heavy atom. The summed E-state index contributed by atoms with van der Waals surface area (Å²) in [6.07, 6.45) is 2.10. The monoisotopic (exact) mass is 324 g/mol. The van der Waals surface area contributed by atoms with E-state index in [1.54, 1.807) is 7.11 Å². The SMILES string of the molecule is CCOCCOCCOC(CCS)CC(C)OCCOC. The highest BCUT2D eigenvalue weighted by atomic mass is 32.1. The normalized spacial score (nSPS) is 14.3. The molecule has 0 amide bonds. The molecule has 0 spiro atoms. The van der Waals surface area contributed by atoms with Gasteiger partial charge in [-0.05, 0) is 32.4 Å². The van der Waals surface area contributed by atoms with Crippen LogP contribution in [0.4, 0.5) is 0 Å². The largest absolute Gasteiger partial charge is 0.382 e. The maximum atomic E-state index is 5.84. The zero-order chi connectivity index (χ0) is 15.8. The Morgan fingerprint density at radius 1 is 0.905 bits per heavy atom. The summed E-state index contributed by atoms with van der Waals surface area (Å²) in [6, 6.07) is 0. The first-order valence-corrected chi connectivity index (χ1v) is 8.36. The summed E-state index contributed by atoms with van der Waals surface area (Å²) in [4.78, 5) is 0. The van der Waals surface area contributed by atoms with E-state index in [0.717, 1.165) is 25.2 Å². The van der Waals surface area contributed by atoms with Crippen molar-refractivity contribution in [2.24, 2.45) is 0 Å². The Balaban J connectivity index is 3.65. The minimum absolute atomic E-state index is 0.156. The number of ether oxygens (including phenoxy) is 5. The number of methoxy groups -OCH3 is 1. The van der Waals surface area contributed by atoms with Gasteiger partial charge in [0.1, 0.15) is 0 Å². The van der Waals surface area contributed by atoms with Crippen LogP contribution < -0.4 is 0 Å². The third kappa shape index (κ3) is 14.8. The van der Waals surface area contributed by atoms with Crippen molar-refractivity contribution in [3.8, 4) is 0 Å². The standard InChI is InChI=1S/C15H32O5S/c1-4-17-7-8-18-9-11-20-15(5-12-21)13-14(2)19-10-6-16-3/h14-15,21H,4-13H2,1-3H3. The molecule has 0 aliphatic rings. The zero-order valence-corrected chi connectivity index (χ0v) is 14.6. The molecule has 0 saturated carbocycles. The quantitative estimate of drug-likeness (QED) is 0.348. The summed E-state index contributed by atoms with van der Waals surface area (Å²) in [6.45, 7) is 8.44. The first kappa shape index (κ1) is 21.1. The summed E-state index contributed by atoms with van der Waals surface area (Å²) in [5.74, 6) is 0.806. The van der Waals surface area contributed by atoms with Crippen LogP contribution in [0.15, 0.2) is 0 Å². The molecule has 0 heterocycles. The number of rotatable bonds is 16. The maximum absolute atomic E-state index is 5.84. The molecule has 0 fully saturated rings. The summed E-state index contributed by atoms with van der Waals surface area (Å²) in [5.41, 5.74) is 0. The Hall–Kier alpha value is 0.150. The first-order valence-electron chi connectivity index (χ1n) is 7.73. The molecule has 0 aromatic heterocycles. The van der Waals surface area contributed by atoms with E-state index in [2.05, 4.69) is 19.6 Å². The van der Waals surface area contributed by atoms with Gasteiger partial charge in [0, 0.05) is 13.7 Å². The maximum Gasteiger partial charge on any atom is 0.0704 e. The van der Waals surface area contributed by atoms with Gasteiger partial charge in [0.15, 0.2) is 0 Å². The number of hydrogen-bond donors (Lipinski definition) is 1. The molecule has 0 aliphatic carbocycles. The van der Waals surface area contributed by atoms with E-state index >= 15 is 0 Å². The van der Waals surface area contributed by atoms with Gasteiger partial charge in [0.25, 0.3) is 0 Å². The van der Waals surface area contributed by atoms with Crippen molar-refractivity contribution in [2.45, 2.75) is 38.9 Å². The lowest BCUT2D eigenvalue weighted by Crippen LogP contribution is -2.24. The lowest BCUT2D eigenvalue weighted by Gasteiger charge is -2.21. The third-order valence-electron chi connectivity index (χ3n) is 2.89. The third-order valence-corrected chi connectivity index (χ3v) is 3.15. The molecule has 128 valence electrons. The Bertz CT molecular complexity index is 207. The van der Waals surface area contributed by atoms with E-state index in [0.29, 0.717) is 39.6 Å². The number of hydrogen-bond acceptors (Lipinski definition) is 6. The summed E-state index contributed by atoms with van der Waals surface area (Å²) in [7, 11) is 1.67. The van der Waals surface area contributed by atoms with Gasteiger partial charge >= 0.3 is 0 Å². The molecule has 0 aromatic carbocycles. The molecule has 2 atom stereocenters. The van der Waals surface area contributed by atoms with Gasteiger partial charge < -0.3 is 23.7 Å². The lowest BCUT2D eigenvalue weighted by atomic mass is 10.1.